The van der Waals surface area contributed by atoms with E-state index in [0.717, 1.165) is 4.88 Å². The first-order valence-electron chi connectivity index (χ1n) is 7.43. The Morgan fingerprint density at radius 3 is 2.70 bits per heavy atom. The molecule has 0 unspecified atom stereocenters. The highest BCUT2D eigenvalue weighted by Crippen LogP contribution is 2.31. The number of hydrogen-bond acceptors (Lipinski definition) is 6. The zero-order valence-electron chi connectivity index (χ0n) is 13.9. The molecule has 2 heterocycles. The molecule has 1 aliphatic heterocycles. The number of likely N-dealkylation sites (tertiary alicyclic amines) is 1. The maximum absolute atomic E-state index is 12.1. The number of amides is 1. The number of oxime groups is 1. The Hall–Kier alpha value is -1.80. The van der Waals surface area contributed by atoms with Crippen molar-refractivity contribution in [1.82, 2.24) is 9.80 Å². The fraction of sp³-hybridized carbons (Fsp3) is 0.600. The summed E-state index contributed by atoms with van der Waals surface area (Å²) in [6.45, 7) is 6.83. The quantitative estimate of drug-likeness (QED) is 0.379. The molecule has 0 radical (unpaired) electrons. The fourth-order valence-corrected chi connectivity index (χ4v) is 3.31. The van der Waals surface area contributed by atoms with Gasteiger partial charge in [-0.3, -0.25) is 4.90 Å². The van der Waals surface area contributed by atoms with Crippen molar-refractivity contribution in [2.45, 2.75) is 38.5 Å². The van der Waals surface area contributed by atoms with Gasteiger partial charge in [-0.05, 0) is 32.2 Å². The van der Waals surface area contributed by atoms with Gasteiger partial charge in [-0.1, -0.05) is 11.2 Å². The summed E-state index contributed by atoms with van der Waals surface area (Å²) in [6.07, 6.45) is -0.335. The van der Waals surface area contributed by atoms with E-state index in [9.17, 15) is 4.79 Å². The van der Waals surface area contributed by atoms with Crippen molar-refractivity contribution in [1.29, 1.82) is 0 Å². The second kappa shape index (κ2) is 6.76. The maximum atomic E-state index is 12.1. The van der Waals surface area contributed by atoms with Crippen LogP contribution in [0.1, 0.15) is 31.7 Å². The molecule has 1 aliphatic rings. The topological polar surface area (TPSA) is 91.4 Å². The first-order valence-corrected chi connectivity index (χ1v) is 8.31. The molecule has 1 fully saturated rings. The average molecular weight is 340 g/mol. The Morgan fingerprint density at radius 1 is 1.57 bits per heavy atom. The highest BCUT2D eigenvalue weighted by atomic mass is 32.1. The Kier molecular flexibility index (Phi) is 5.16. The van der Waals surface area contributed by atoms with E-state index in [1.54, 1.807) is 23.3 Å². The van der Waals surface area contributed by atoms with Gasteiger partial charge in [0.05, 0.1) is 6.04 Å². The fourth-order valence-electron chi connectivity index (χ4n) is 2.44. The first kappa shape index (κ1) is 17.6. The Bertz CT molecular complexity index is 562. The molecular formula is C15H24N4O3S. The van der Waals surface area contributed by atoms with E-state index in [-0.39, 0.29) is 24.0 Å². The molecule has 3 N–H and O–H groups in total. The third kappa shape index (κ3) is 4.14. The lowest BCUT2D eigenvalue weighted by molar-refractivity contribution is -0.00865. The van der Waals surface area contributed by atoms with E-state index in [4.69, 9.17) is 15.7 Å². The molecule has 0 saturated carbocycles. The summed E-state index contributed by atoms with van der Waals surface area (Å²) < 4.78 is 5.38. The van der Waals surface area contributed by atoms with E-state index in [0.29, 0.717) is 13.1 Å². The lowest BCUT2D eigenvalue weighted by Gasteiger charge is -2.46. The van der Waals surface area contributed by atoms with Crippen LogP contribution in [-0.2, 0) is 4.74 Å². The summed E-state index contributed by atoms with van der Waals surface area (Å²) in [5.74, 6) is 0.158. The third-order valence-corrected chi connectivity index (χ3v) is 4.62. The van der Waals surface area contributed by atoms with Crippen LogP contribution in [0.3, 0.4) is 0 Å². The molecule has 1 aromatic rings. The molecule has 2 rings (SSSR count). The molecule has 0 bridgehead atoms. The minimum atomic E-state index is -0.512. The highest BCUT2D eigenvalue weighted by Gasteiger charge is 2.40. The van der Waals surface area contributed by atoms with Gasteiger partial charge >= 0.3 is 6.09 Å². The number of carbonyl (C=O) groups excluding carboxylic acids is 1. The molecule has 8 heteroatoms. The van der Waals surface area contributed by atoms with Gasteiger partial charge < -0.3 is 20.6 Å². The Balaban J connectivity index is 1.98. The summed E-state index contributed by atoms with van der Waals surface area (Å²) in [5.41, 5.74) is 5.33. The van der Waals surface area contributed by atoms with Gasteiger partial charge in [-0.2, -0.15) is 0 Å². The van der Waals surface area contributed by atoms with Gasteiger partial charge in [0.15, 0.2) is 5.84 Å². The van der Waals surface area contributed by atoms with Crippen LogP contribution in [0.4, 0.5) is 4.79 Å². The Labute approximate surface area is 140 Å². The lowest BCUT2D eigenvalue weighted by atomic mass is 10.0. The smallest absolute Gasteiger partial charge is 0.410 e. The number of ether oxygens (including phenoxy) is 1. The predicted octanol–water partition coefficient (Wildman–Crippen LogP) is 2.09. The van der Waals surface area contributed by atoms with E-state index in [1.807, 2.05) is 38.3 Å². The number of hydrogen-bond donors (Lipinski definition) is 2. The van der Waals surface area contributed by atoms with Gasteiger partial charge in [0.1, 0.15) is 11.6 Å². The summed E-state index contributed by atoms with van der Waals surface area (Å²) in [4.78, 5) is 16.8. The van der Waals surface area contributed by atoms with Crippen molar-refractivity contribution < 1.29 is 14.7 Å². The van der Waals surface area contributed by atoms with Crippen molar-refractivity contribution in [3.8, 4) is 0 Å². The van der Waals surface area contributed by atoms with Gasteiger partial charge in [0, 0.05) is 25.0 Å². The number of thiophene rings is 1. The van der Waals surface area contributed by atoms with Crippen molar-refractivity contribution in [3.05, 3.63) is 22.4 Å². The monoisotopic (exact) mass is 340 g/mol. The number of likely N-dealkylation sites (N-methyl/N-ethyl adjacent to an activating group) is 1. The predicted molar refractivity (Wildman–Crippen MR) is 89.8 cm³/mol. The number of nitrogens with two attached hydrogens (primary N) is 1. The van der Waals surface area contributed by atoms with Crippen LogP contribution in [0, 0.1) is 0 Å². The van der Waals surface area contributed by atoms with E-state index in [1.165, 1.54) is 0 Å². The first-order chi connectivity index (χ1) is 10.7. The van der Waals surface area contributed by atoms with Crippen LogP contribution in [0.5, 0.6) is 0 Å². The zero-order chi connectivity index (χ0) is 17.2. The van der Waals surface area contributed by atoms with Gasteiger partial charge in [0.25, 0.3) is 0 Å². The van der Waals surface area contributed by atoms with Crippen LogP contribution >= 0.6 is 11.3 Å². The molecule has 0 aliphatic carbocycles. The summed E-state index contributed by atoms with van der Waals surface area (Å²) in [6, 6.07) is 3.68. The normalized spacial score (nSPS) is 18.3. The SMILES string of the molecule is CN(C(=O)OC(C)(C)C)C1CN([C@H](C(N)=NO)c2cccs2)C1. The molecule has 0 aromatic carbocycles. The third-order valence-electron chi connectivity index (χ3n) is 3.69. The van der Waals surface area contributed by atoms with Crippen molar-refractivity contribution in [2.75, 3.05) is 20.1 Å². The Morgan fingerprint density at radius 2 is 2.22 bits per heavy atom. The second-order valence-corrected chi connectivity index (χ2v) is 7.62. The van der Waals surface area contributed by atoms with E-state index in [2.05, 4.69) is 10.1 Å². The molecule has 128 valence electrons. The molecule has 1 amide bonds. The largest absolute Gasteiger partial charge is 0.444 e. The maximum Gasteiger partial charge on any atom is 0.410 e. The van der Waals surface area contributed by atoms with Gasteiger partial charge in [-0.15, -0.1) is 11.3 Å². The molecule has 1 atom stereocenters. The molecular weight excluding hydrogens is 316 g/mol. The summed E-state index contributed by atoms with van der Waals surface area (Å²) in [7, 11) is 1.74. The van der Waals surface area contributed by atoms with Crippen molar-refractivity contribution >= 4 is 23.3 Å². The van der Waals surface area contributed by atoms with E-state index < -0.39 is 5.60 Å². The van der Waals surface area contributed by atoms with Crippen molar-refractivity contribution in [3.63, 3.8) is 0 Å². The molecule has 23 heavy (non-hydrogen) atoms. The lowest BCUT2D eigenvalue weighted by Crippen LogP contribution is -2.62. The minimum Gasteiger partial charge on any atom is -0.444 e. The summed E-state index contributed by atoms with van der Waals surface area (Å²) >= 11 is 1.56. The molecule has 1 aromatic heterocycles. The molecule has 7 nitrogen and oxygen atoms in total. The highest BCUT2D eigenvalue weighted by molar-refractivity contribution is 7.10. The van der Waals surface area contributed by atoms with Crippen LogP contribution in [0.25, 0.3) is 0 Å². The molecule has 1 saturated heterocycles. The number of carbonyl (C=O) groups is 1. The number of nitrogens with zero attached hydrogens (tertiary/aromatic N) is 3. The van der Waals surface area contributed by atoms with Crippen LogP contribution in [-0.4, -0.2) is 58.7 Å². The second-order valence-electron chi connectivity index (χ2n) is 6.64. The molecule has 0 spiro atoms. The summed E-state index contributed by atoms with van der Waals surface area (Å²) in [5, 5.41) is 14.1. The van der Waals surface area contributed by atoms with Crippen LogP contribution < -0.4 is 5.73 Å². The average Bonchev–Trinajstić information content (AvgIpc) is 2.92. The van der Waals surface area contributed by atoms with E-state index >= 15 is 0 Å². The van der Waals surface area contributed by atoms with Gasteiger partial charge in [0.2, 0.25) is 0 Å². The minimum absolute atomic E-state index is 0.0544. The zero-order valence-corrected chi connectivity index (χ0v) is 14.7. The van der Waals surface area contributed by atoms with Crippen LogP contribution in [0.2, 0.25) is 0 Å². The van der Waals surface area contributed by atoms with Crippen LogP contribution in [0.15, 0.2) is 22.7 Å². The number of amidine groups is 1. The van der Waals surface area contributed by atoms with Crippen molar-refractivity contribution in [2.24, 2.45) is 10.9 Å². The number of rotatable bonds is 4. The standard InChI is InChI=1S/C15H24N4O3S/c1-15(2,3)22-14(20)18(4)10-8-19(9-10)12(13(16)17-21)11-6-5-7-23-11/h5-7,10,12,21H,8-9H2,1-4H3,(H2,16,17)/t12-/m0/s1. The van der Waals surface area contributed by atoms with Gasteiger partial charge in [-0.25, -0.2) is 4.79 Å².